The second-order valence-electron chi connectivity index (χ2n) is 6.98. The van der Waals surface area contributed by atoms with E-state index in [9.17, 15) is 4.79 Å². The molecule has 0 aromatic carbocycles. The second kappa shape index (κ2) is 5.82. The Bertz CT molecular complexity index is 625. The van der Waals surface area contributed by atoms with Gasteiger partial charge in [0.1, 0.15) is 5.69 Å². The van der Waals surface area contributed by atoms with E-state index in [2.05, 4.69) is 51.7 Å². The fourth-order valence-corrected chi connectivity index (χ4v) is 1.89. The van der Waals surface area contributed by atoms with Gasteiger partial charge in [0, 0.05) is 18.2 Å². The Hall–Kier alpha value is -2.31. The van der Waals surface area contributed by atoms with Gasteiger partial charge in [-0.1, -0.05) is 45.9 Å². The van der Waals surface area contributed by atoms with Gasteiger partial charge in [0.2, 0.25) is 0 Å². The first-order valence-electron chi connectivity index (χ1n) is 7.19. The maximum atomic E-state index is 12.2. The third kappa shape index (κ3) is 3.66. The maximum absolute atomic E-state index is 12.2. The molecule has 0 aliphatic heterocycles. The quantitative estimate of drug-likeness (QED) is 0.894. The first-order chi connectivity index (χ1) is 10.2. The second-order valence-corrected chi connectivity index (χ2v) is 6.98. The summed E-state index contributed by atoms with van der Waals surface area (Å²) in [7, 11) is 0. The number of pyridine rings is 1. The van der Waals surface area contributed by atoms with Crippen molar-refractivity contribution in [1.29, 1.82) is 0 Å². The summed E-state index contributed by atoms with van der Waals surface area (Å²) in [4.78, 5) is 16.4. The molecule has 2 rings (SSSR count). The summed E-state index contributed by atoms with van der Waals surface area (Å²) in [6.45, 7) is 10.6. The van der Waals surface area contributed by atoms with Gasteiger partial charge in [-0.25, -0.2) is 0 Å². The number of tetrazole rings is 1. The summed E-state index contributed by atoms with van der Waals surface area (Å²) in [5.41, 5.74) is 1.10. The molecule has 0 aliphatic carbocycles. The minimum Gasteiger partial charge on any atom is -0.350 e. The molecule has 0 saturated heterocycles. The van der Waals surface area contributed by atoms with Crippen molar-refractivity contribution in [2.75, 3.05) is 6.54 Å². The molecule has 2 aromatic heterocycles. The molecule has 118 valence electrons. The van der Waals surface area contributed by atoms with Crippen LogP contribution in [0.5, 0.6) is 0 Å². The van der Waals surface area contributed by atoms with Gasteiger partial charge in [0.15, 0.2) is 5.82 Å². The van der Waals surface area contributed by atoms with Crippen LogP contribution >= 0.6 is 0 Å². The van der Waals surface area contributed by atoms with E-state index in [1.807, 2.05) is 19.9 Å². The number of carbonyl (C=O) groups excluding carboxylic acids is 1. The first-order valence-corrected chi connectivity index (χ1v) is 7.19. The predicted octanol–water partition coefficient (Wildman–Crippen LogP) is 1.60. The lowest BCUT2D eigenvalue weighted by Crippen LogP contribution is -2.37. The SMILES string of the molecule is CC(C)(C)c1ccc(C(=O)NCC(C)(C)c2nn[nH]n2)nc1. The minimum absolute atomic E-state index is 0.0165. The molecule has 0 atom stereocenters. The van der Waals surface area contributed by atoms with Crippen LogP contribution in [0.15, 0.2) is 18.3 Å². The van der Waals surface area contributed by atoms with E-state index < -0.39 is 5.41 Å². The number of aromatic nitrogens is 5. The third-order valence-electron chi connectivity index (χ3n) is 3.50. The summed E-state index contributed by atoms with van der Waals surface area (Å²) in [5, 5.41) is 16.8. The molecule has 22 heavy (non-hydrogen) atoms. The monoisotopic (exact) mass is 302 g/mol. The van der Waals surface area contributed by atoms with Crippen LogP contribution in [0.2, 0.25) is 0 Å². The van der Waals surface area contributed by atoms with Crippen LogP contribution < -0.4 is 5.32 Å². The normalized spacial score (nSPS) is 12.2. The van der Waals surface area contributed by atoms with Crippen LogP contribution in [0.3, 0.4) is 0 Å². The van der Waals surface area contributed by atoms with Gasteiger partial charge in [-0.3, -0.25) is 9.78 Å². The Balaban J connectivity index is 2.01. The third-order valence-corrected chi connectivity index (χ3v) is 3.50. The number of hydrogen-bond donors (Lipinski definition) is 2. The molecule has 1 amide bonds. The zero-order valence-corrected chi connectivity index (χ0v) is 13.6. The van der Waals surface area contributed by atoms with Crippen molar-refractivity contribution in [3.05, 3.63) is 35.4 Å². The Kier molecular flexibility index (Phi) is 4.25. The van der Waals surface area contributed by atoms with Gasteiger partial charge in [-0.05, 0) is 17.0 Å². The van der Waals surface area contributed by atoms with E-state index in [4.69, 9.17) is 0 Å². The summed E-state index contributed by atoms with van der Waals surface area (Å²) >= 11 is 0. The summed E-state index contributed by atoms with van der Waals surface area (Å²) in [6.07, 6.45) is 1.75. The lowest BCUT2D eigenvalue weighted by Gasteiger charge is -2.21. The minimum atomic E-state index is -0.409. The number of H-pyrrole nitrogens is 1. The van der Waals surface area contributed by atoms with E-state index in [0.717, 1.165) is 5.56 Å². The van der Waals surface area contributed by atoms with Gasteiger partial charge in [-0.15, -0.1) is 10.2 Å². The first kappa shape index (κ1) is 16.1. The highest BCUT2D eigenvalue weighted by Gasteiger charge is 2.26. The molecule has 2 heterocycles. The largest absolute Gasteiger partial charge is 0.350 e. The molecule has 0 aliphatic rings. The molecule has 0 radical (unpaired) electrons. The molecule has 7 nitrogen and oxygen atoms in total. The van der Waals surface area contributed by atoms with E-state index >= 15 is 0 Å². The average Bonchev–Trinajstić information content (AvgIpc) is 2.99. The zero-order valence-electron chi connectivity index (χ0n) is 13.6. The van der Waals surface area contributed by atoms with E-state index in [0.29, 0.717) is 18.1 Å². The standard InChI is InChI=1S/C15H22N6O/c1-14(2,3)10-6-7-11(16-8-10)12(22)17-9-15(4,5)13-18-20-21-19-13/h6-8H,9H2,1-5H3,(H,17,22)(H,18,19,20,21). The number of hydrogen-bond acceptors (Lipinski definition) is 5. The van der Waals surface area contributed by atoms with Crippen molar-refractivity contribution in [2.45, 2.75) is 45.4 Å². The number of amides is 1. The van der Waals surface area contributed by atoms with Crippen LogP contribution in [0.4, 0.5) is 0 Å². The number of carbonyl (C=O) groups is 1. The van der Waals surface area contributed by atoms with E-state index in [1.165, 1.54) is 0 Å². The molecular formula is C15H22N6O. The summed E-state index contributed by atoms with van der Waals surface area (Å²) in [5.74, 6) is 0.348. The number of nitrogens with one attached hydrogen (secondary N) is 2. The highest BCUT2D eigenvalue weighted by Crippen LogP contribution is 2.21. The molecule has 2 N–H and O–H groups in total. The smallest absolute Gasteiger partial charge is 0.269 e. The fraction of sp³-hybridized carbons (Fsp3) is 0.533. The highest BCUT2D eigenvalue weighted by atomic mass is 16.1. The van der Waals surface area contributed by atoms with Gasteiger partial charge < -0.3 is 5.32 Å². The Morgan fingerprint density at radius 3 is 2.45 bits per heavy atom. The number of rotatable bonds is 4. The molecule has 0 fully saturated rings. The van der Waals surface area contributed by atoms with Crippen molar-refractivity contribution in [3.8, 4) is 0 Å². The van der Waals surface area contributed by atoms with Crippen molar-refractivity contribution >= 4 is 5.91 Å². The van der Waals surface area contributed by atoms with Gasteiger partial charge in [-0.2, -0.15) is 5.21 Å². The fourth-order valence-electron chi connectivity index (χ4n) is 1.89. The van der Waals surface area contributed by atoms with Crippen LogP contribution in [-0.4, -0.2) is 38.1 Å². The van der Waals surface area contributed by atoms with Crippen molar-refractivity contribution in [3.63, 3.8) is 0 Å². The Labute approximate surface area is 129 Å². The highest BCUT2D eigenvalue weighted by molar-refractivity contribution is 5.92. The van der Waals surface area contributed by atoms with Gasteiger partial charge >= 0.3 is 0 Å². The topological polar surface area (TPSA) is 96.5 Å². The molecule has 0 saturated carbocycles. The molecule has 0 spiro atoms. The summed E-state index contributed by atoms with van der Waals surface area (Å²) in [6, 6.07) is 3.68. The Morgan fingerprint density at radius 2 is 1.95 bits per heavy atom. The van der Waals surface area contributed by atoms with Crippen molar-refractivity contribution in [1.82, 2.24) is 30.9 Å². The maximum Gasteiger partial charge on any atom is 0.269 e. The zero-order chi connectivity index (χ0) is 16.4. The Morgan fingerprint density at radius 1 is 1.23 bits per heavy atom. The molecule has 7 heteroatoms. The predicted molar refractivity (Wildman–Crippen MR) is 82.5 cm³/mol. The van der Waals surface area contributed by atoms with Crippen LogP contribution in [0.25, 0.3) is 0 Å². The lowest BCUT2D eigenvalue weighted by atomic mass is 9.88. The molecule has 2 aromatic rings. The van der Waals surface area contributed by atoms with Gasteiger partial charge in [0.05, 0.1) is 0 Å². The number of aromatic amines is 1. The average molecular weight is 302 g/mol. The van der Waals surface area contributed by atoms with E-state index in [-0.39, 0.29) is 11.3 Å². The lowest BCUT2D eigenvalue weighted by molar-refractivity contribution is 0.0940. The van der Waals surface area contributed by atoms with Crippen LogP contribution in [0, 0.1) is 0 Å². The van der Waals surface area contributed by atoms with Crippen molar-refractivity contribution < 1.29 is 4.79 Å². The molecule has 0 unspecified atom stereocenters. The molecular weight excluding hydrogens is 280 g/mol. The van der Waals surface area contributed by atoms with Crippen molar-refractivity contribution in [2.24, 2.45) is 0 Å². The van der Waals surface area contributed by atoms with Gasteiger partial charge in [0.25, 0.3) is 5.91 Å². The molecule has 0 bridgehead atoms. The van der Waals surface area contributed by atoms with Crippen LogP contribution in [0.1, 0.15) is 56.5 Å². The summed E-state index contributed by atoms with van der Waals surface area (Å²) < 4.78 is 0. The van der Waals surface area contributed by atoms with E-state index in [1.54, 1.807) is 12.3 Å². The van der Waals surface area contributed by atoms with Crippen LogP contribution in [-0.2, 0) is 10.8 Å². The number of nitrogens with zero attached hydrogens (tertiary/aromatic N) is 4.